The Balaban J connectivity index is 1.87. The fraction of sp³-hybridized carbons (Fsp3) is 0.538. The minimum atomic E-state index is -0.196. The van der Waals surface area contributed by atoms with E-state index in [1.807, 2.05) is 6.07 Å². The quantitative estimate of drug-likeness (QED) is 0.916. The average Bonchev–Trinajstić information content (AvgIpc) is 2.31. The summed E-state index contributed by atoms with van der Waals surface area (Å²) in [6.07, 6.45) is 0. The Kier molecular flexibility index (Phi) is 5.12. The highest BCUT2D eigenvalue weighted by atomic mass is 79.9. The summed E-state index contributed by atoms with van der Waals surface area (Å²) in [6.45, 7) is 5.62. The van der Waals surface area contributed by atoms with Gasteiger partial charge in [-0.1, -0.05) is 15.9 Å². The van der Waals surface area contributed by atoms with Crippen molar-refractivity contribution in [2.45, 2.75) is 6.54 Å². The molecule has 0 aromatic heterocycles. The van der Waals surface area contributed by atoms with Crippen molar-refractivity contribution in [3.05, 3.63) is 34.1 Å². The van der Waals surface area contributed by atoms with E-state index in [-0.39, 0.29) is 12.4 Å². The SMILES string of the molecule is OCCN1CCN(Cc2cc(F)cc(Br)c2)CC1. The molecule has 1 heterocycles. The van der Waals surface area contributed by atoms with Gasteiger partial charge in [0.05, 0.1) is 6.61 Å². The van der Waals surface area contributed by atoms with Gasteiger partial charge in [-0.15, -0.1) is 0 Å². The number of nitrogens with zero attached hydrogens (tertiary/aromatic N) is 2. The van der Waals surface area contributed by atoms with Crippen LogP contribution >= 0.6 is 15.9 Å². The van der Waals surface area contributed by atoms with E-state index in [9.17, 15) is 4.39 Å². The molecule has 1 saturated heterocycles. The van der Waals surface area contributed by atoms with Crippen molar-refractivity contribution in [1.82, 2.24) is 9.80 Å². The van der Waals surface area contributed by atoms with E-state index in [0.29, 0.717) is 0 Å². The van der Waals surface area contributed by atoms with Gasteiger partial charge in [0.25, 0.3) is 0 Å². The number of rotatable bonds is 4. The lowest BCUT2D eigenvalue weighted by atomic mass is 10.2. The lowest BCUT2D eigenvalue weighted by Gasteiger charge is -2.34. The second-order valence-corrected chi connectivity index (χ2v) is 5.53. The minimum absolute atomic E-state index is 0.196. The summed E-state index contributed by atoms with van der Waals surface area (Å²) in [4.78, 5) is 4.56. The van der Waals surface area contributed by atoms with Crippen LogP contribution in [-0.4, -0.2) is 54.2 Å². The Morgan fingerprint density at radius 2 is 1.78 bits per heavy atom. The molecule has 0 spiro atoms. The van der Waals surface area contributed by atoms with Crippen LogP contribution in [0.25, 0.3) is 0 Å². The molecule has 1 aliphatic heterocycles. The first-order valence-electron chi connectivity index (χ1n) is 6.18. The van der Waals surface area contributed by atoms with Crippen molar-refractivity contribution in [3.8, 4) is 0 Å². The summed E-state index contributed by atoms with van der Waals surface area (Å²) in [5.74, 6) is -0.196. The number of halogens is 2. The summed E-state index contributed by atoms with van der Waals surface area (Å²) >= 11 is 3.31. The Morgan fingerprint density at radius 1 is 1.11 bits per heavy atom. The molecule has 18 heavy (non-hydrogen) atoms. The fourth-order valence-corrected chi connectivity index (χ4v) is 2.79. The molecule has 1 aromatic carbocycles. The Hall–Kier alpha value is -0.490. The topological polar surface area (TPSA) is 26.7 Å². The molecule has 0 aliphatic carbocycles. The highest BCUT2D eigenvalue weighted by molar-refractivity contribution is 9.10. The van der Waals surface area contributed by atoms with Crippen LogP contribution in [0.1, 0.15) is 5.56 Å². The van der Waals surface area contributed by atoms with Crippen LogP contribution in [0.15, 0.2) is 22.7 Å². The van der Waals surface area contributed by atoms with E-state index in [0.717, 1.165) is 49.3 Å². The van der Waals surface area contributed by atoms with Gasteiger partial charge >= 0.3 is 0 Å². The van der Waals surface area contributed by atoms with Crippen LogP contribution in [0.5, 0.6) is 0 Å². The van der Waals surface area contributed by atoms with Crippen molar-refractivity contribution in [1.29, 1.82) is 0 Å². The largest absolute Gasteiger partial charge is 0.395 e. The lowest BCUT2D eigenvalue weighted by Crippen LogP contribution is -2.46. The molecule has 1 N–H and O–H groups in total. The molecule has 0 atom stereocenters. The number of β-amino-alcohol motifs (C(OH)–C–C–N with tert-alkyl or cyclic N) is 1. The molecule has 2 rings (SSSR count). The van der Waals surface area contributed by atoms with Crippen LogP contribution in [0, 0.1) is 5.82 Å². The summed E-state index contributed by atoms with van der Waals surface area (Å²) in [5.41, 5.74) is 0.998. The number of hydrogen-bond donors (Lipinski definition) is 1. The summed E-state index contributed by atoms with van der Waals surface area (Å²) in [7, 11) is 0. The maximum Gasteiger partial charge on any atom is 0.124 e. The molecule has 0 unspecified atom stereocenters. The predicted molar refractivity (Wildman–Crippen MR) is 72.9 cm³/mol. The molecule has 0 bridgehead atoms. The van der Waals surface area contributed by atoms with E-state index < -0.39 is 0 Å². The van der Waals surface area contributed by atoms with Crippen molar-refractivity contribution in [2.75, 3.05) is 39.3 Å². The third-order valence-electron chi connectivity index (χ3n) is 3.21. The minimum Gasteiger partial charge on any atom is -0.395 e. The highest BCUT2D eigenvalue weighted by Gasteiger charge is 2.16. The third-order valence-corrected chi connectivity index (χ3v) is 3.67. The Morgan fingerprint density at radius 3 is 2.39 bits per heavy atom. The van der Waals surface area contributed by atoms with E-state index in [1.54, 1.807) is 6.07 Å². The monoisotopic (exact) mass is 316 g/mol. The van der Waals surface area contributed by atoms with Gasteiger partial charge in [0, 0.05) is 43.7 Å². The van der Waals surface area contributed by atoms with Crippen molar-refractivity contribution in [2.24, 2.45) is 0 Å². The van der Waals surface area contributed by atoms with Crippen LogP contribution in [0.3, 0.4) is 0 Å². The van der Waals surface area contributed by atoms with Gasteiger partial charge in [0.2, 0.25) is 0 Å². The molecule has 1 aromatic rings. The zero-order valence-electron chi connectivity index (χ0n) is 10.3. The van der Waals surface area contributed by atoms with Gasteiger partial charge < -0.3 is 5.11 Å². The molecule has 0 radical (unpaired) electrons. The van der Waals surface area contributed by atoms with Crippen molar-refractivity contribution in [3.63, 3.8) is 0 Å². The summed E-state index contributed by atoms with van der Waals surface area (Å²) in [5, 5.41) is 8.88. The van der Waals surface area contributed by atoms with Crippen LogP contribution in [-0.2, 0) is 6.54 Å². The maximum absolute atomic E-state index is 13.3. The number of hydrogen-bond acceptors (Lipinski definition) is 3. The predicted octanol–water partition coefficient (Wildman–Crippen LogP) is 1.70. The normalized spacial score (nSPS) is 18.2. The lowest BCUT2D eigenvalue weighted by molar-refractivity contribution is 0.108. The molecule has 1 aliphatic rings. The fourth-order valence-electron chi connectivity index (χ4n) is 2.27. The van der Waals surface area contributed by atoms with Gasteiger partial charge in [-0.2, -0.15) is 0 Å². The second-order valence-electron chi connectivity index (χ2n) is 4.62. The van der Waals surface area contributed by atoms with Crippen LogP contribution in [0.2, 0.25) is 0 Å². The Bertz CT molecular complexity index is 374. The third kappa shape index (κ3) is 4.02. The number of aliphatic hydroxyl groups is 1. The standard InChI is InChI=1S/C13H18BrFN2O/c14-12-7-11(8-13(15)9-12)10-17-3-1-16(2-4-17)5-6-18/h7-9,18H,1-6,10H2. The van der Waals surface area contributed by atoms with Gasteiger partial charge in [0.15, 0.2) is 0 Å². The molecule has 0 amide bonds. The van der Waals surface area contributed by atoms with Gasteiger partial charge in [-0.05, 0) is 23.8 Å². The summed E-state index contributed by atoms with van der Waals surface area (Å²) < 4.78 is 14.0. The molecule has 100 valence electrons. The van der Waals surface area contributed by atoms with E-state index >= 15 is 0 Å². The zero-order valence-corrected chi connectivity index (χ0v) is 11.9. The number of piperazine rings is 1. The first-order valence-corrected chi connectivity index (χ1v) is 6.97. The van der Waals surface area contributed by atoms with E-state index in [2.05, 4.69) is 25.7 Å². The van der Waals surface area contributed by atoms with Gasteiger partial charge in [0.1, 0.15) is 5.82 Å². The average molecular weight is 317 g/mol. The molecule has 1 fully saturated rings. The molecular weight excluding hydrogens is 299 g/mol. The number of aliphatic hydroxyl groups excluding tert-OH is 1. The van der Waals surface area contributed by atoms with Crippen LogP contribution < -0.4 is 0 Å². The summed E-state index contributed by atoms with van der Waals surface area (Å²) in [6, 6.07) is 5.02. The highest BCUT2D eigenvalue weighted by Crippen LogP contribution is 2.17. The Labute approximate surface area is 115 Å². The maximum atomic E-state index is 13.3. The smallest absolute Gasteiger partial charge is 0.124 e. The second kappa shape index (κ2) is 6.61. The van der Waals surface area contributed by atoms with E-state index in [1.165, 1.54) is 6.07 Å². The molecule has 5 heteroatoms. The van der Waals surface area contributed by atoms with Crippen LogP contribution in [0.4, 0.5) is 4.39 Å². The molecule has 3 nitrogen and oxygen atoms in total. The van der Waals surface area contributed by atoms with Crippen molar-refractivity contribution < 1.29 is 9.50 Å². The molecular formula is C13H18BrFN2O. The molecule has 0 saturated carbocycles. The number of benzene rings is 1. The first kappa shape index (κ1) is 13.9. The van der Waals surface area contributed by atoms with Gasteiger partial charge in [-0.25, -0.2) is 4.39 Å². The zero-order chi connectivity index (χ0) is 13.0. The van der Waals surface area contributed by atoms with E-state index in [4.69, 9.17) is 5.11 Å². The van der Waals surface area contributed by atoms with Crippen molar-refractivity contribution >= 4 is 15.9 Å². The first-order chi connectivity index (χ1) is 8.67. The van der Waals surface area contributed by atoms with Gasteiger partial charge in [-0.3, -0.25) is 9.80 Å².